The predicted molar refractivity (Wildman–Crippen MR) is 92.9 cm³/mol. The normalized spacial score (nSPS) is 20.6. The van der Waals surface area contributed by atoms with Crippen molar-refractivity contribution in [2.45, 2.75) is 27.2 Å². The van der Waals surface area contributed by atoms with Crippen molar-refractivity contribution >= 4 is 11.9 Å². The number of hydrogen-bond donors (Lipinski definition) is 1. The first-order chi connectivity index (χ1) is 11.4. The molecule has 0 aliphatic carbocycles. The molecule has 2 heterocycles. The summed E-state index contributed by atoms with van der Waals surface area (Å²) in [4.78, 5) is 30.7. The van der Waals surface area contributed by atoms with Crippen LogP contribution in [0.4, 0.5) is 4.79 Å². The molecule has 0 atom stereocenters. The second-order valence-corrected chi connectivity index (χ2v) is 7.57. The molecule has 24 heavy (non-hydrogen) atoms. The van der Waals surface area contributed by atoms with E-state index in [1.807, 2.05) is 30.6 Å². The zero-order valence-corrected chi connectivity index (χ0v) is 15.3. The Morgan fingerprint density at radius 2 is 1.58 bits per heavy atom. The van der Waals surface area contributed by atoms with Crippen LogP contribution in [0, 0.1) is 5.41 Å². The van der Waals surface area contributed by atoms with Crippen molar-refractivity contribution in [3.63, 3.8) is 0 Å². The van der Waals surface area contributed by atoms with Crippen LogP contribution in [0.2, 0.25) is 0 Å². The number of rotatable bonds is 3. The van der Waals surface area contributed by atoms with E-state index in [0.29, 0.717) is 26.2 Å². The predicted octanol–water partition coefficient (Wildman–Crippen LogP) is 0.609. The minimum absolute atomic E-state index is 0.0201. The van der Waals surface area contributed by atoms with E-state index in [1.54, 1.807) is 0 Å². The van der Waals surface area contributed by atoms with Gasteiger partial charge in [0, 0.05) is 57.8 Å². The fourth-order valence-corrected chi connectivity index (χ4v) is 3.06. The second-order valence-electron chi connectivity index (χ2n) is 7.57. The van der Waals surface area contributed by atoms with Crippen LogP contribution in [0.25, 0.3) is 0 Å². The molecule has 2 rings (SSSR count). The molecule has 2 aliphatic heterocycles. The van der Waals surface area contributed by atoms with Crippen molar-refractivity contribution in [3.8, 4) is 0 Å². The summed E-state index contributed by atoms with van der Waals surface area (Å²) >= 11 is 0. The second kappa shape index (κ2) is 8.67. The highest BCUT2D eigenvalue weighted by atomic mass is 16.5. The Hall–Kier alpha value is -1.34. The first-order valence-corrected chi connectivity index (χ1v) is 9.00. The number of amides is 3. The number of nitrogens with zero attached hydrogens (tertiary/aromatic N) is 3. The summed E-state index contributed by atoms with van der Waals surface area (Å²) in [5.41, 5.74) is -0.365. The van der Waals surface area contributed by atoms with Crippen LogP contribution in [0.3, 0.4) is 0 Å². The van der Waals surface area contributed by atoms with E-state index in [0.717, 1.165) is 45.8 Å². The summed E-state index contributed by atoms with van der Waals surface area (Å²) in [7, 11) is 0. The molecule has 0 spiro atoms. The Bertz CT molecular complexity index is 430. The van der Waals surface area contributed by atoms with E-state index in [4.69, 9.17) is 4.74 Å². The van der Waals surface area contributed by atoms with E-state index >= 15 is 0 Å². The van der Waals surface area contributed by atoms with E-state index in [2.05, 4.69) is 10.2 Å². The molecule has 2 aliphatic rings. The molecule has 0 aromatic heterocycles. The fraction of sp³-hybridized carbons (Fsp3) is 0.882. The Morgan fingerprint density at radius 1 is 0.958 bits per heavy atom. The van der Waals surface area contributed by atoms with Gasteiger partial charge in [0.05, 0.1) is 13.2 Å². The first kappa shape index (κ1) is 19.0. The number of morpholine rings is 1. The largest absolute Gasteiger partial charge is 0.379 e. The maximum Gasteiger partial charge on any atom is 0.317 e. The minimum atomic E-state index is -0.365. The van der Waals surface area contributed by atoms with Crippen LogP contribution in [0.5, 0.6) is 0 Å². The smallest absolute Gasteiger partial charge is 0.317 e. The Balaban J connectivity index is 1.72. The zero-order chi connectivity index (χ0) is 17.6. The van der Waals surface area contributed by atoms with Crippen LogP contribution in [0.15, 0.2) is 0 Å². The van der Waals surface area contributed by atoms with Gasteiger partial charge in [-0.05, 0) is 6.42 Å². The monoisotopic (exact) mass is 340 g/mol. The van der Waals surface area contributed by atoms with Gasteiger partial charge in [-0.3, -0.25) is 9.69 Å². The standard InChI is InChI=1S/C17H32N4O3/c1-17(2,3)15(22)20-6-4-7-21(10-9-20)16(23)18-5-8-19-11-13-24-14-12-19/h4-14H2,1-3H3,(H,18,23). The lowest BCUT2D eigenvalue weighted by Gasteiger charge is -2.29. The van der Waals surface area contributed by atoms with Gasteiger partial charge in [-0.1, -0.05) is 20.8 Å². The van der Waals surface area contributed by atoms with Crippen LogP contribution >= 0.6 is 0 Å². The van der Waals surface area contributed by atoms with Crippen molar-refractivity contribution in [3.05, 3.63) is 0 Å². The van der Waals surface area contributed by atoms with E-state index in [-0.39, 0.29) is 17.4 Å². The molecule has 0 aromatic rings. The van der Waals surface area contributed by atoms with Gasteiger partial charge in [-0.25, -0.2) is 4.79 Å². The fourth-order valence-electron chi connectivity index (χ4n) is 3.06. The van der Waals surface area contributed by atoms with Crippen LogP contribution in [0.1, 0.15) is 27.2 Å². The summed E-state index contributed by atoms with van der Waals surface area (Å²) < 4.78 is 5.32. The van der Waals surface area contributed by atoms with Crippen molar-refractivity contribution in [2.24, 2.45) is 5.41 Å². The molecule has 2 saturated heterocycles. The molecular formula is C17H32N4O3. The number of ether oxygens (including phenoxy) is 1. The Labute approximate surface area is 145 Å². The van der Waals surface area contributed by atoms with Crippen LogP contribution < -0.4 is 5.32 Å². The molecule has 1 N–H and O–H groups in total. The van der Waals surface area contributed by atoms with Crippen LogP contribution in [-0.2, 0) is 9.53 Å². The molecule has 138 valence electrons. The lowest BCUT2D eigenvalue weighted by Crippen LogP contribution is -2.46. The summed E-state index contributed by atoms with van der Waals surface area (Å²) in [6.45, 7) is 13.4. The third kappa shape index (κ3) is 5.63. The molecule has 0 bridgehead atoms. The number of hydrogen-bond acceptors (Lipinski definition) is 4. The van der Waals surface area contributed by atoms with Gasteiger partial charge in [-0.2, -0.15) is 0 Å². The van der Waals surface area contributed by atoms with Gasteiger partial charge < -0.3 is 19.9 Å². The van der Waals surface area contributed by atoms with Crippen molar-refractivity contribution in [1.29, 1.82) is 0 Å². The number of urea groups is 1. The van der Waals surface area contributed by atoms with Crippen LogP contribution in [-0.4, -0.2) is 92.2 Å². The first-order valence-electron chi connectivity index (χ1n) is 9.00. The quantitative estimate of drug-likeness (QED) is 0.817. The number of carbonyl (C=O) groups is 2. The third-order valence-electron chi connectivity index (χ3n) is 4.52. The molecule has 3 amide bonds. The van der Waals surface area contributed by atoms with Gasteiger partial charge in [-0.15, -0.1) is 0 Å². The van der Waals surface area contributed by atoms with E-state index in [9.17, 15) is 9.59 Å². The van der Waals surface area contributed by atoms with Gasteiger partial charge in [0.15, 0.2) is 0 Å². The summed E-state index contributed by atoms with van der Waals surface area (Å²) in [5, 5.41) is 3.00. The van der Waals surface area contributed by atoms with Crippen molar-refractivity contribution in [2.75, 3.05) is 65.6 Å². The minimum Gasteiger partial charge on any atom is -0.379 e. The molecular weight excluding hydrogens is 308 g/mol. The van der Waals surface area contributed by atoms with Gasteiger partial charge in [0.25, 0.3) is 0 Å². The lowest BCUT2D eigenvalue weighted by atomic mass is 9.94. The number of nitrogens with one attached hydrogen (secondary N) is 1. The highest BCUT2D eigenvalue weighted by molar-refractivity contribution is 5.81. The van der Waals surface area contributed by atoms with Gasteiger partial charge in [0.2, 0.25) is 5.91 Å². The molecule has 0 saturated carbocycles. The maximum atomic E-state index is 12.4. The highest BCUT2D eigenvalue weighted by Crippen LogP contribution is 2.18. The van der Waals surface area contributed by atoms with Gasteiger partial charge in [0.1, 0.15) is 0 Å². The Morgan fingerprint density at radius 3 is 2.25 bits per heavy atom. The molecule has 7 nitrogen and oxygen atoms in total. The average molecular weight is 340 g/mol. The topological polar surface area (TPSA) is 65.1 Å². The molecule has 0 radical (unpaired) electrons. The highest BCUT2D eigenvalue weighted by Gasteiger charge is 2.29. The van der Waals surface area contributed by atoms with E-state index < -0.39 is 0 Å². The number of carbonyl (C=O) groups excluding carboxylic acids is 2. The van der Waals surface area contributed by atoms with E-state index in [1.165, 1.54) is 0 Å². The zero-order valence-electron chi connectivity index (χ0n) is 15.3. The van der Waals surface area contributed by atoms with Gasteiger partial charge >= 0.3 is 6.03 Å². The molecule has 0 unspecified atom stereocenters. The Kier molecular flexibility index (Phi) is 6.86. The lowest BCUT2D eigenvalue weighted by molar-refractivity contribution is -0.139. The average Bonchev–Trinajstić information content (AvgIpc) is 2.80. The summed E-state index contributed by atoms with van der Waals surface area (Å²) in [5.74, 6) is 0.164. The molecule has 2 fully saturated rings. The van der Waals surface area contributed by atoms with Crippen molar-refractivity contribution < 1.29 is 14.3 Å². The maximum absolute atomic E-state index is 12.4. The molecule has 7 heteroatoms. The summed E-state index contributed by atoms with van der Waals surface area (Å²) in [6.07, 6.45) is 0.832. The summed E-state index contributed by atoms with van der Waals surface area (Å²) in [6, 6.07) is -0.0201. The SMILES string of the molecule is CC(C)(C)C(=O)N1CCCN(C(=O)NCCN2CCOCC2)CC1. The molecule has 0 aromatic carbocycles. The third-order valence-corrected chi connectivity index (χ3v) is 4.52. The van der Waals surface area contributed by atoms with Crippen molar-refractivity contribution in [1.82, 2.24) is 20.0 Å².